The number of hydrogen-bond donors (Lipinski definition) is 0. The van der Waals surface area contributed by atoms with Crippen LogP contribution in [0.15, 0.2) is 41.0 Å². The number of amides is 1. The molecule has 0 saturated heterocycles. The maximum absolute atomic E-state index is 12.5. The minimum Gasteiger partial charge on any atom is -0.494 e. The van der Waals surface area contributed by atoms with Crippen LogP contribution < -0.4 is 9.64 Å². The summed E-state index contributed by atoms with van der Waals surface area (Å²) in [5, 5.41) is 0.688. The molecule has 6 heteroatoms. The lowest BCUT2D eigenvalue weighted by atomic mass is 10.3. The van der Waals surface area contributed by atoms with E-state index in [0.29, 0.717) is 24.7 Å². The molecule has 2 heterocycles. The molecule has 126 valence electrons. The zero-order valence-corrected chi connectivity index (χ0v) is 14.6. The summed E-state index contributed by atoms with van der Waals surface area (Å²) < 4.78 is 11.9. The van der Waals surface area contributed by atoms with E-state index in [2.05, 4.69) is 4.98 Å². The summed E-state index contributed by atoms with van der Waals surface area (Å²) in [6.07, 6.45) is 2.90. The summed E-state index contributed by atoms with van der Waals surface area (Å²) in [5.74, 6) is 1.62. The minimum absolute atomic E-state index is 0.0537. The van der Waals surface area contributed by atoms with Gasteiger partial charge in [-0.2, -0.15) is 0 Å². The molecule has 1 amide bonds. The second kappa shape index (κ2) is 7.49. The van der Waals surface area contributed by atoms with E-state index in [1.165, 1.54) is 11.3 Å². The third-order valence-corrected chi connectivity index (χ3v) is 4.59. The Morgan fingerprint density at radius 1 is 1.33 bits per heavy atom. The second-order valence-corrected chi connectivity index (χ2v) is 6.38. The van der Waals surface area contributed by atoms with E-state index >= 15 is 0 Å². The number of anilines is 1. The predicted molar refractivity (Wildman–Crippen MR) is 95.6 cm³/mol. The van der Waals surface area contributed by atoms with Crippen molar-refractivity contribution < 1.29 is 13.9 Å². The monoisotopic (exact) mass is 344 g/mol. The summed E-state index contributed by atoms with van der Waals surface area (Å²) in [5.41, 5.74) is 0.868. The maximum atomic E-state index is 12.5. The van der Waals surface area contributed by atoms with Crippen LogP contribution in [0, 0.1) is 0 Å². The van der Waals surface area contributed by atoms with Gasteiger partial charge in [0.25, 0.3) is 0 Å². The standard InChI is InChI=1S/C18H20N2O3S/c1-3-6-17(21)20(12-14-7-5-10-23-14)18-19-15-9-8-13(22-4-2)11-16(15)24-18/h5,7-11H,3-4,6,12H2,1-2H3. The van der Waals surface area contributed by atoms with Gasteiger partial charge in [-0.3, -0.25) is 9.69 Å². The number of fused-ring (bicyclic) bond motifs is 1. The number of rotatable bonds is 7. The van der Waals surface area contributed by atoms with Crippen LogP contribution in [0.3, 0.4) is 0 Å². The maximum Gasteiger partial charge on any atom is 0.229 e. The van der Waals surface area contributed by atoms with Crippen molar-refractivity contribution in [2.24, 2.45) is 0 Å². The van der Waals surface area contributed by atoms with E-state index < -0.39 is 0 Å². The summed E-state index contributed by atoms with van der Waals surface area (Å²) in [4.78, 5) is 18.9. The molecule has 0 aliphatic rings. The van der Waals surface area contributed by atoms with Gasteiger partial charge in [-0.25, -0.2) is 4.98 Å². The van der Waals surface area contributed by atoms with Crippen LogP contribution >= 0.6 is 11.3 Å². The first-order valence-corrected chi connectivity index (χ1v) is 8.89. The molecule has 1 aromatic carbocycles. The Hall–Kier alpha value is -2.34. The number of ether oxygens (including phenoxy) is 1. The van der Waals surface area contributed by atoms with Crippen molar-refractivity contribution in [3.63, 3.8) is 0 Å². The fraction of sp³-hybridized carbons (Fsp3) is 0.333. The molecule has 0 aliphatic carbocycles. The zero-order valence-electron chi connectivity index (χ0n) is 13.8. The summed E-state index contributed by atoms with van der Waals surface area (Å²) in [7, 11) is 0. The second-order valence-electron chi connectivity index (χ2n) is 5.37. The fourth-order valence-electron chi connectivity index (χ4n) is 2.43. The molecule has 0 fully saturated rings. The first kappa shape index (κ1) is 16.5. The van der Waals surface area contributed by atoms with Crippen LogP contribution in [-0.4, -0.2) is 17.5 Å². The number of aromatic nitrogens is 1. The molecule has 3 aromatic rings. The Bertz CT molecular complexity index is 811. The topological polar surface area (TPSA) is 55.6 Å². The van der Waals surface area contributed by atoms with E-state index in [9.17, 15) is 4.79 Å². The third-order valence-electron chi connectivity index (χ3n) is 3.55. The van der Waals surface area contributed by atoms with E-state index in [1.807, 2.05) is 44.2 Å². The molecule has 24 heavy (non-hydrogen) atoms. The molecule has 0 spiro atoms. The third kappa shape index (κ3) is 3.59. The molecule has 0 unspecified atom stereocenters. The van der Waals surface area contributed by atoms with Crippen LogP contribution in [0.2, 0.25) is 0 Å². The fourth-order valence-corrected chi connectivity index (χ4v) is 3.44. The quantitative estimate of drug-likeness (QED) is 0.627. The van der Waals surface area contributed by atoms with Crippen molar-refractivity contribution in [2.75, 3.05) is 11.5 Å². The number of furan rings is 1. The summed E-state index contributed by atoms with van der Waals surface area (Å²) in [6.45, 7) is 4.97. The number of benzene rings is 1. The molecule has 0 radical (unpaired) electrons. The van der Waals surface area contributed by atoms with Gasteiger partial charge in [-0.1, -0.05) is 18.3 Å². The van der Waals surface area contributed by atoms with Crippen molar-refractivity contribution in [1.29, 1.82) is 0 Å². The number of thiazole rings is 1. The number of nitrogens with zero attached hydrogens (tertiary/aromatic N) is 2. The highest BCUT2D eigenvalue weighted by Crippen LogP contribution is 2.32. The first-order valence-electron chi connectivity index (χ1n) is 8.07. The van der Waals surface area contributed by atoms with E-state index in [-0.39, 0.29) is 5.91 Å². The molecule has 0 atom stereocenters. The highest BCUT2D eigenvalue weighted by Gasteiger charge is 2.20. The molecular formula is C18H20N2O3S. The average molecular weight is 344 g/mol. The van der Waals surface area contributed by atoms with Gasteiger partial charge < -0.3 is 9.15 Å². The average Bonchev–Trinajstić information content (AvgIpc) is 3.21. The van der Waals surface area contributed by atoms with E-state index in [0.717, 1.165) is 28.1 Å². The van der Waals surface area contributed by atoms with Crippen molar-refractivity contribution in [3.05, 3.63) is 42.4 Å². The molecule has 2 aromatic heterocycles. The van der Waals surface area contributed by atoms with Crippen LogP contribution in [0.1, 0.15) is 32.4 Å². The SMILES string of the molecule is CCCC(=O)N(Cc1ccco1)c1nc2ccc(OCC)cc2s1. The van der Waals surface area contributed by atoms with Gasteiger partial charge in [0, 0.05) is 6.42 Å². The Balaban J connectivity index is 1.93. The highest BCUT2D eigenvalue weighted by atomic mass is 32.1. The lowest BCUT2D eigenvalue weighted by Gasteiger charge is -2.18. The minimum atomic E-state index is 0.0537. The van der Waals surface area contributed by atoms with Crippen molar-refractivity contribution in [2.45, 2.75) is 33.2 Å². The molecule has 3 rings (SSSR count). The Morgan fingerprint density at radius 3 is 2.92 bits per heavy atom. The van der Waals surface area contributed by atoms with Crippen molar-refractivity contribution in [1.82, 2.24) is 4.98 Å². The van der Waals surface area contributed by atoms with Crippen LogP contribution in [0.4, 0.5) is 5.13 Å². The molecular weight excluding hydrogens is 324 g/mol. The van der Waals surface area contributed by atoms with E-state index in [1.54, 1.807) is 11.2 Å². The lowest BCUT2D eigenvalue weighted by Crippen LogP contribution is -2.29. The van der Waals surface area contributed by atoms with Crippen LogP contribution in [0.25, 0.3) is 10.2 Å². The van der Waals surface area contributed by atoms with E-state index in [4.69, 9.17) is 9.15 Å². The molecule has 0 N–H and O–H groups in total. The van der Waals surface area contributed by atoms with Gasteiger partial charge in [0.1, 0.15) is 11.5 Å². The smallest absolute Gasteiger partial charge is 0.229 e. The normalized spacial score (nSPS) is 10.9. The zero-order chi connectivity index (χ0) is 16.9. The van der Waals surface area contributed by atoms with Crippen molar-refractivity contribution >= 4 is 32.6 Å². The van der Waals surface area contributed by atoms with Gasteiger partial charge in [0.05, 0.1) is 29.6 Å². The molecule has 5 nitrogen and oxygen atoms in total. The number of hydrogen-bond acceptors (Lipinski definition) is 5. The van der Waals surface area contributed by atoms with Gasteiger partial charge in [-0.05, 0) is 43.7 Å². The van der Waals surface area contributed by atoms with Gasteiger partial charge >= 0.3 is 0 Å². The van der Waals surface area contributed by atoms with Gasteiger partial charge in [0.2, 0.25) is 5.91 Å². The predicted octanol–water partition coefficient (Wildman–Crippen LogP) is 4.62. The van der Waals surface area contributed by atoms with Crippen LogP contribution in [-0.2, 0) is 11.3 Å². The number of carbonyl (C=O) groups excluding carboxylic acids is 1. The first-order chi connectivity index (χ1) is 11.7. The Kier molecular flexibility index (Phi) is 5.15. The van der Waals surface area contributed by atoms with Crippen LogP contribution in [0.5, 0.6) is 5.75 Å². The lowest BCUT2D eigenvalue weighted by molar-refractivity contribution is -0.118. The summed E-state index contributed by atoms with van der Waals surface area (Å²) in [6, 6.07) is 9.49. The Morgan fingerprint density at radius 2 is 2.21 bits per heavy atom. The number of carbonyl (C=O) groups is 1. The van der Waals surface area contributed by atoms with Crippen molar-refractivity contribution in [3.8, 4) is 5.75 Å². The Labute approximate surface area is 144 Å². The molecule has 0 saturated carbocycles. The van der Waals surface area contributed by atoms with Gasteiger partial charge in [-0.15, -0.1) is 0 Å². The largest absolute Gasteiger partial charge is 0.494 e. The van der Waals surface area contributed by atoms with Gasteiger partial charge in [0.15, 0.2) is 5.13 Å². The molecule has 0 bridgehead atoms. The summed E-state index contributed by atoms with van der Waals surface area (Å²) >= 11 is 1.49. The molecule has 0 aliphatic heterocycles. The highest BCUT2D eigenvalue weighted by molar-refractivity contribution is 7.22.